The zero-order valence-electron chi connectivity index (χ0n) is 13.0. The summed E-state index contributed by atoms with van der Waals surface area (Å²) in [6.07, 6.45) is 0. The average Bonchev–Trinajstić information content (AvgIpc) is 3.24. The molecule has 0 atom stereocenters. The van der Waals surface area contributed by atoms with Crippen LogP contribution in [0.5, 0.6) is 0 Å². The molecule has 2 N–H and O–H groups in total. The van der Waals surface area contributed by atoms with E-state index in [1.54, 1.807) is 4.90 Å². The van der Waals surface area contributed by atoms with E-state index in [0.717, 1.165) is 19.6 Å². The Hall–Kier alpha value is -2.52. The maximum atomic E-state index is 12.1. The summed E-state index contributed by atoms with van der Waals surface area (Å²) in [5, 5.41) is 17.1. The van der Waals surface area contributed by atoms with Gasteiger partial charge in [-0.1, -0.05) is 23.3 Å². The second-order valence-electron chi connectivity index (χ2n) is 5.68. The molecule has 3 heterocycles. The number of benzene rings is 1. The first-order valence-corrected chi connectivity index (χ1v) is 8.59. The molecule has 0 radical (unpaired) electrons. The first-order valence-electron chi connectivity index (χ1n) is 7.77. The summed E-state index contributed by atoms with van der Waals surface area (Å²) in [6.45, 7) is 4.02. The van der Waals surface area contributed by atoms with Crippen LogP contribution < -0.4 is 5.32 Å². The van der Waals surface area contributed by atoms with Gasteiger partial charge in [0.1, 0.15) is 0 Å². The van der Waals surface area contributed by atoms with Crippen molar-refractivity contribution < 1.29 is 4.79 Å². The topological polar surface area (TPSA) is 90.0 Å². The fourth-order valence-electron chi connectivity index (χ4n) is 2.83. The number of hydrogen-bond acceptors (Lipinski definition) is 6. The minimum absolute atomic E-state index is 0.182. The van der Waals surface area contributed by atoms with Crippen molar-refractivity contribution in [3.05, 3.63) is 35.2 Å². The Morgan fingerprint density at radius 3 is 2.83 bits per heavy atom. The molecule has 1 aliphatic rings. The third kappa shape index (κ3) is 3.22. The van der Waals surface area contributed by atoms with Crippen molar-refractivity contribution in [2.24, 2.45) is 0 Å². The number of aromatic amines is 1. The van der Waals surface area contributed by atoms with Crippen LogP contribution in [0.4, 0.5) is 10.7 Å². The number of aromatic nitrogens is 4. The molecule has 8 nitrogen and oxygen atoms in total. The Labute approximate surface area is 142 Å². The fraction of sp³-hybridized carbons (Fsp3) is 0.333. The Bertz CT molecular complexity index is 790. The van der Waals surface area contributed by atoms with Crippen LogP contribution in [-0.2, 0) is 6.54 Å². The van der Waals surface area contributed by atoms with Crippen LogP contribution in [0.1, 0.15) is 4.88 Å². The molecule has 4 rings (SSSR count). The van der Waals surface area contributed by atoms with Gasteiger partial charge in [-0.05, 0) is 22.7 Å². The van der Waals surface area contributed by atoms with E-state index < -0.39 is 0 Å². The van der Waals surface area contributed by atoms with E-state index in [9.17, 15) is 4.79 Å². The van der Waals surface area contributed by atoms with Gasteiger partial charge < -0.3 is 4.90 Å². The van der Waals surface area contributed by atoms with Gasteiger partial charge in [-0.25, -0.2) is 4.79 Å². The second-order valence-corrected chi connectivity index (χ2v) is 6.85. The molecule has 0 saturated carbocycles. The Morgan fingerprint density at radius 1 is 1.25 bits per heavy atom. The fourth-order valence-corrected chi connectivity index (χ4v) is 3.94. The summed E-state index contributed by atoms with van der Waals surface area (Å²) in [6, 6.07) is 10.5. The van der Waals surface area contributed by atoms with Crippen LogP contribution in [0.3, 0.4) is 0 Å². The van der Waals surface area contributed by atoms with E-state index >= 15 is 0 Å². The zero-order chi connectivity index (χ0) is 16.4. The van der Waals surface area contributed by atoms with Gasteiger partial charge in [0.2, 0.25) is 0 Å². The van der Waals surface area contributed by atoms with Crippen LogP contribution in [0, 0.1) is 0 Å². The number of carbonyl (C=O) groups excluding carboxylic acids is 1. The smallest absolute Gasteiger partial charge is 0.322 e. The lowest BCUT2D eigenvalue weighted by atomic mass is 10.2. The van der Waals surface area contributed by atoms with Gasteiger partial charge in [-0.3, -0.25) is 10.2 Å². The lowest BCUT2D eigenvalue weighted by Gasteiger charge is -2.34. The van der Waals surface area contributed by atoms with Crippen LogP contribution >= 0.6 is 11.3 Å². The lowest BCUT2D eigenvalue weighted by Crippen LogP contribution is -2.49. The van der Waals surface area contributed by atoms with Crippen molar-refractivity contribution in [2.75, 3.05) is 31.5 Å². The van der Waals surface area contributed by atoms with Crippen molar-refractivity contribution in [2.45, 2.75) is 6.54 Å². The van der Waals surface area contributed by atoms with Gasteiger partial charge in [-0.15, -0.1) is 16.4 Å². The second kappa shape index (κ2) is 6.54. The lowest BCUT2D eigenvalue weighted by molar-refractivity contribution is 0.143. The molecule has 9 heteroatoms. The summed E-state index contributed by atoms with van der Waals surface area (Å²) in [5.41, 5.74) is 0. The number of carbonyl (C=O) groups is 1. The number of fused-ring (bicyclic) bond motifs is 1. The molecule has 0 aliphatic carbocycles. The van der Waals surface area contributed by atoms with Crippen LogP contribution in [0.25, 0.3) is 10.1 Å². The number of H-pyrrole nitrogens is 1. The molecule has 24 heavy (non-hydrogen) atoms. The largest absolute Gasteiger partial charge is 0.324 e. The molecule has 0 unspecified atom stereocenters. The molecule has 1 saturated heterocycles. The van der Waals surface area contributed by atoms with E-state index in [1.807, 2.05) is 11.3 Å². The van der Waals surface area contributed by atoms with E-state index in [4.69, 9.17) is 0 Å². The quantitative estimate of drug-likeness (QED) is 0.756. The zero-order valence-corrected chi connectivity index (χ0v) is 13.8. The first kappa shape index (κ1) is 15.0. The molecule has 2 amide bonds. The molecule has 0 spiro atoms. The first-order chi connectivity index (χ1) is 11.8. The molecular formula is C15H17N7OS. The molecule has 2 aromatic heterocycles. The Morgan fingerprint density at radius 2 is 2.08 bits per heavy atom. The van der Waals surface area contributed by atoms with E-state index in [0.29, 0.717) is 13.1 Å². The van der Waals surface area contributed by atoms with Crippen molar-refractivity contribution >= 4 is 33.4 Å². The number of tetrazole rings is 1. The van der Waals surface area contributed by atoms with Crippen molar-refractivity contribution in [3.63, 3.8) is 0 Å². The summed E-state index contributed by atoms with van der Waals surface area (Å²) >= 11 is 1.84. The van der Waals surface area contributed by atoms with E-state index in [-0.39, 0.29) is 12.0 Å². The molecule has 1 aliphatic heterocycles. The van der Waals surface area contributed by atoms with Gasteiger partial charge in [0.25, 0.3) is 5.95 Å². The molecule has 0 bridgehead atoms. The number of thiophene rings is 1. The predicted molar refractivity (Wildman–Crippen MR) is 91.9 cm³/mol. The summed E-state index contributed by atoms with van der Waals surface area (Å²) in [5.74, 6) is 0.202. The van der Waals surface area contributed by atoms with Crippen molar-refractivity contribution in [3.8, 4) is 0 Å². The van der Waals surface area contributed by atoms with Crippen LogP contribution in [-0.4, -0.2) is 62.6 Å². The normalized spacial score (nSPS) is 15.8. The molecule has 1 fully saturated rings. The highest BCUT2D eigenvalue weighted by molar-refractivity contribution is 7.19. The Balaban J connectivity index is 1.31. The molecule has 3 aromatic rings. The monoisotopic (exact) mass is 343 g/mol. The number of piperazine rings is 1. The SMILES string of the molecule is O=C(Nc1nn[nH]n1)N1CCN(Cc2cc3ccccc3s2)CC1. The highest BCUT2D eigenvalue weighted by Gasteiger charge is 2.22. The van der Waals surface area contributed by atoms with E-state index in [2.05, 4.69) is 61.2 Å². The standard InChI is InChI=1S/C15H17N7OS/c23-15(16-14-17-19-20-18-14)22-7-5-21(6-8-22)10-12-9-11-3-1-2-4-13(11)24-12/h1-4,9H,5-8,10H2,(H2,16,17,18,19,20,23). The number of nitrogens with one attached hydrogen (secondary N) is 2. The van der Waals surface area contributed by atoms with Gasteiger partial charge >= 0.3 is 6.03 Å². The summed E-state index contributed by atoms with van der Waals surface area (Å²) in [7, 11) is 0. The van der Waals surface area contributed by atoms with Gasteiger partial charge in [0.05, 0.1) is 0 Å². The number of urea groups is 1. The molecule has 1 aromatic carbocycles. The highest BCUT2D eigenvalue weighted by atomic mass is 32.1. The van der Waals surface area contributed by atoms with Gasteiger partial charge in [-0.2, -0.15) is 5.21 Å². The van der Waals surface area contributed by atoms with E-state index in [1.165, 1.54) is 15.0 Å². The summed E-state index contributed by atoms with van der Waals surface area (Å²) < 4.78 is 1.32. The third-order valence-corrected chi connectivity index (χ3v) is 5.18. The summed E-state index contributed by atoms with van der Waals surface area (Å²) in [4.78, 5) is 17.6. The van der Waals surface area contributed by atoms with Crippen molar-refractivity contribution in [1.29, 1.82) is 0 Å². The number of rotatable bonds is 3. The Kier molecular flexibility index (Phi) is 4.09. The van der Waals surface area contributed by atoms with Crippen LogP contribution in [0.15, 0.2) is 30.3 Å². The number of nitrogens with zero attached hydrogens (tertiary/aromatic N) is 5. The maximum Gasteiger partial charge on any atom is 0.324 e. The maximum absolute atomic E-state index is 12.1. The number of amides is 2. The number of hydrogen-bond donors (Lipinski definition) is 2. The molecule has 124 valence electrons. The predicted octanol–water partition coefficient (Wildman–Crippen LogP) is 1.76. The minimum atomic E-state index is -0.182. The van der Waals surface area contributed by atoms with Crippen molar-refractivity contribution in [1.82, 2.24) is 30.4 Å². The average molecular weight is 343 g/mol. The van der Waals surface area contributed by atoms with Crippen LogP contribution in [0.2, 0.25) is 0 Å². The van der Waals surface area contributed by atoms with Gasteiger partial charge in [0, 0.05) is 42.3 Å². The number of anilines is 1. The molecular weight excluding hydrogens is 326 g/mol. The van der Waals surface area contributed by atoms with Gasteiger partial charge in [0.15, 0.2) is 0 Å². The third-order valence-electron chi connectivity index (χ3n) is 4.08. The highest BCUT2D eigenvalue weighted by Crippen LogP contribution is 2.26. The minimum Gasteiger partial charge on any atom is -0.322 e.